The lowest BCUT2D eigenvalue weighted by atomic mass is 9.96. The van der Waals surface area contributed by atoms with Gasteiger partial charge in [-0.05, 0) is 68.9 Å². The SMILES string of the molecule is Cc1cc(C)cc(-c2ccc(N(C)CCN(C)C)c(/C=C3\C(=O)Nc4ccccc43)c2)c1.Cl. The molecule has 1 aliphatic rings. The highest BCUT2D eigenvalue weighted by molar-refractivity contribution is 6.35. The number of carbonyl (C=O) groups is 1. The number of fused-ring (bicyclic) bond motifs is 1. The van der Waals surface area contributed by atoms with Crippen LogP contribution in [-0.4, -0.2) is 45.0 Å². The van der Waals surface area contributed by atoms with Gasteiger partial charge in [0.05, 0.1) is 0 Å². The van der Waals surface area contributed by atoms with Crippen LogP contribution in [0.5, 0.6) is 0 Å². The van der Waals surface area contributed by atoms with E-state index < -0.39 is 0 Å². The number of carbonyl (C=O) groups excluding carboxylic acids is 1. The maximum absolute atomic E-state index is 12.8. The summed E-state index contributed by atoms with van der Waals surface area (Å²) in [4.78, 5) is 17.2. The second-order valence-electron chi connectivity index (χ2n) is 8.93. The summed E-state index contributed by atoms with van der Waals surface area (Å²) in [5, 5.41) is 2.99. The van der Waals surface area contributed by atoms with E-state index in [9.17, 15) is 4.79 Å². The van der Waals surface area contributed by atoms with E-state index in [2.05, 4.69) is 86.5 Å². The molecule has 0 spiro atoms. The van der Waals surface area contributed by atoms with Crippen LogP contribution < -0.4 is 10.2 Å². The average Bonchev–Trinajstić information content (AvgIpc) is 3.06. The number of hydrogen-bond donors (Lipinski definition) is 1. The Morgan fingerprint density at radius 3 is 2.24 bits per heavy atom. The smallest absolute Gasteiger partial charge is 0.256 e. The summed E-state index contributed by atoms with van der Waals surface area (Å²) in [6.07, 6.45) is 2.04. The zero-order chi connectivity index (χ0) is 22.8. The lowest BCUT2D eigenvalue weighted by molar-refractivity contribution is -0.110. The fraction of sp³-hybridized carbons (Fsp3) is 0.250. The van der Waals surface area contributed by atoms with Crippen LogP contribution in [0.2, 0.25) is 0 Å². The molecule has 4 nitrogen and oxygen atoms in total. The van der Waals surface area contributed by atoms with Crippen LogP contribution in [0.15, 0.2) is 60.7 Å². The molecule has 0 saturated heterocycles. The average molecular weight is 462 g/mol. The van der Waals surface area contributed by atoms with Gasteiger partial charge in [0.2, 0.25) is 0 Å². The maximum atomic E-state index is 12.8. The second kappa shape index (κ2) is 10.2. The van der Waals surface area contributed by atoms with Crippen LogP contribution in [-0.2, 0) is 4.79 Å². The number of halogens is 1. The first kappa shape index (κ1) is 24.6. The van der Waals surface area contributed by atoms with Crippen molar-refractivity contribution >= 4 is 41.3 Å². The Bertz CT molecular complexity index is 1180. The highest BCUT2D eigenvalue weighted by Gasteiger charge is 2.24. The predicted molar refractivity (Wildman–Crippen MR) is 143 cm³/mol. The molecule has 0 atom stereocenters. The number of benzene rings is 3. The molecule has 0 aliphatic carbocycles. The Labute approximate surface area is 203 Å². The summed E-state index contributed by atoms with van der Waals surface area (Å²) in [5.74, 6) is -0.0510. The van der Waals surface area contributed by atoms with Crippen LogP contribution in [0.3, 0.4) is 0 Å². The van der Waals surface area contributed by atoms with Crippen molar-refractivity contribution in [1.82, 2.24) is 4.90 Å². The summed E-state index contributed by atoms with van der Waals surface area (Å²) in [7, 11) is 6.28. The van der Waals surface area contributed by atoms with Crippen molar-refractivity contribution < 1.29 is 4.79 Å². The number of amides is 1. The Morgan fingerprint density at radius 2 is 1.55 bits per heavy atom. The normalized spacial score (nSPS) is 13.6. The number of nitrogens with one attached hydrogen (secondary N) is 1. The van der Waals surface area contributed by atoms with Gasteiger partial charge >= 0.3 is 0 Å². The Balaban J connectivity index is 0.00000306. The summed E-state index contributed by atoms with van der Waals surface area (Å²) in [5.41, 5.74) is 9.54. The molecule has 1 amide bonds. The molecule has 172 valence electrons. The summed E-state index contributed by atoms with van der Waals surface area (Å²) in [6.45, 7) is 6.11. The van der Waals surface area contributed by atoms with Gasteiger partial charge in [-0.15, -0.1) is 12.4 Å². The lowest BCUT2D eigenvalue weighted by Gasteiger charge is -2.24. The monoisotopic (exact) mass is 461 g/mol. The highest BCUT2D eigenvalue weighted by Crippen LogP contribution is 2.36. The van der Waals surface area contributed by atoms with Gasteiger partial charge in [0, 0.05) is 42.6 Å². The molecular formula is C28H32ClN3O. The summed E-state index contributed by atoms with van der Waals surface area (Å²) < 4.78 is 0. The zero-order valence-electron chi connectivity index (χ0n) is 20.0. The van der Waals surface area contributed by atoms with Gasteiger partial charge in [0.1, 0.15) is 0 Å². The van der Waals surface area contributed by atoms with Crippen LogP contribution in [0.25, 0.3) is 22.8 Å². The first-order valence-electron chi connectivity index (χ1n) is 11.0. The molecule has 3 aromatic rings. The molecule has 0 aromatic heterocycles. The molecule has 0 fully saturated rings. The molecule has 1 N–H and O–H groups in total. The van der Waals surface area contributed by atoms with Crippen LogP contribution in [0, 0.1) is 13.8 Å². The fourth-order valence-corrected chi connectivity index (χ4v) is 4.25. The van der Waals surface area contributed by atoms with Crippen LogP contribution >= 0.6 is 12.4 Å². The minimum absolute atomic E-state index is 0. The Kier molecular flexibility index (Phi) is 7.62. The van der Waals surface area contributed by atoms with Crippen molar-refractivity contribution in [1.29, 1.82) is 0 Å². The summed E-state index contributed by atoms with van der Waals surface area (Å²) in [6, 6.07) is 21.1. The van der Waals surface area contributed by atoms with Gasteiger partial charge in [0.25, 0.3) is 5.91 Å². The Morgan fingerprint density at radius 1 is 0.848 bits per heavy atom. The molecule has 5 heteroatoms. The molecule has 3 aromatic carbocycles. The highest BCUT2D eigenvalue weighted by atomic mass is 35.5. The minimum atomic E-state index is -0.0510. The van der Waals surface area contributed by atoms with Gasteiger partial charge in [-0.1, -0.05) is 53.6 Å². The Hall–Kier alpha value is -3.08. The quantitative estimate of drug-likeness (QED) is 0.465. The number of aryl methyl sites for hydroxylation is 2. The molecule has 0 bridgehead atoms. The van der Waals surface area contributed by atoms with E-state index in [1.165, 1.54) is 16.7 Å². The molecule has 1 aliphatic heterocycles. The second-order valence-corrected chi connectivity index (χ2v) is 8.93. The van der Waals surface area contributed by atoms with E-state index in [1.807, 2.05) is 30.3 Å². The number of hydrogen-bond acceptors (Lipinski definition) is 3. The van der Waals surface area contributed by atoms with Crippen molar-refractivity contribution in [3.63, 3.8) is 0 Å². The van der Waals surface area contributed by atoms with E-state index in [4.69, 9.17) is 0 Å². The minimum Gasteiger partial charge on any atom is -0.373 e. The lowest BCUT2D eigenvalue weighted by Crippen LogP contribution is -2.28. The number of rotatable bonds is 6. The van der Waals surface area contributed by atoms with E-state index >= 15 is 0 Å². The molecule has 0 radical (unpaired) electrons. The fourth-order valence-electron chi connectivity index (χ4n) is 4.25. The van der Waals surface area contributed by atoms with Gasteiger partial charge in [-0.25, -0.2) is 0 Å². The van der Waals surface area contributed by atoms with E-state index in [0.29, 0.717) is 5.57 Å². The van der Waals surface area contributed by atoms with Gasteiger partial charge in [-0.2, -0.15) is 0 Å². The van der Waals surface area contributed by atoms with Crippen molar-refractivity contribution in [2.24, 2.45) is 0 Å². The number of likely N-dealkylation sites (N-methyl/N-ethyl adjacent to an activating group) is 2. The van der Waals surface area contributed by atoms with E-state index in [1.54, 1.807) is 0 Å². The number of para-hydroxylation sites is 1. The molecule has 1 heterocycles. The standard InChI is InChI=1S/C28H31N3O.ClH/c1-19-14-20(2)16-22(15-19)21-10-11-27(31(5)13-12-30(3)4)23(17-21)18-25-24-8-6-7-9-26(24)29-28(25)32;/h6-11,14-18H,12-13H2,1-5H3,(H,29,32);1H/b25-18-;. The molecule has 4 rings (SSSR count). The van der Waals surface area contributed by atoms with Crippen molar-refractivity contribution in [3.05, 3.63) is 82.9 Å². The van der Waals surface area contributed by atoms with Gasteiger partial charge in [0.15, 0.2) is 0 Å². The first-order chi connectivity index (χ1) is 15.3. The summed E-state index contributed by atoms with van der Waals surface area (Å²) >= 11 is 0. The molecule has 0 unspecified atom stereocenters. The van der Waals surface area contributed by atoms with E-state index in [-0.39, 0.29) is 18.3 Å². The largest absolute Gasteiger partial charge is 0.373 e. The van der Waals surface area contributed by atoms with Crippen LogP contribution in [0.4, 0.5) is 11.4 Å². The van der Waals surface area contributed by atoms with Crippen molar-refractivity contribution in [3.8, 4) is 11.1 Å². The number of nitrogens with zero attached hydrogens (tertiary/aromatic N) is 2. The molecule has 0 saturated carbocycles. The van der Waals surface area contributed by atoms with Crippen LogP contribution in [0.1, 0.15) is 22.3 Å². The topological polar surface area (TPSA) is 35.6 Å². The maximum Gasteiger partial charge on any atom is 0.256 e. The molecule has 33 heavy (non-hydrogen) atoms. The predicted octanol–water partition coefficient (Wildman–Crippen LogP) is 5.88. The van der Waals surface area contributed by atoms with Gasteiger partial charge in [-0.3, -0.25) is 4.79 Å². The first-order valence-corrected chi connectivity index (χ1v) is 11.0. The van der Waals surface area contributed by atoms with Crippen molar-refractivity contribution in [2.75, 3.05) is 44.4 Å². The third-order valence-corrected chi connectivity index (χ3v) is 5.89. The number of anilines is 2. The third-order valence-electron chi connectivity index (χ3n) is 5.89. The van der Waals surface area contributed by atoms with Gasteiger partial charge < -0.3 is 15.1 Å². The zero-order valence-corrected chi connectivity index (χ0v) is 20.8. The van der Waals surface area contributed by atoms with E-state index in [0.717, 1.165) is 41.2 Å². The third kappa shape index (κ3) is 5.47. The molecular weight excluding hydrogens is 430 g/mol. The van der Waals surface area contributed by atoms with Crippen molar-refractivity contribution in [2.45, 2.75) is 13.8 Å².